The van der Waals surface area contributed by atoms with Gasteiger partial charge in [-0.15, -0.1) is 0 Å². The Bertz CT molecular complexity index is 497. The standard InChI is InChI=1S/C12H17N5O/c1-13-12-14-6-4-10(16-12)11-5-7-15-17(11)8-3-9-18-2/h4-7H,3,8-9H2,1-2H3,(H,13,14,16). The first-order valence-electron chi connectivity index (χ1n) is 5.87. The molecule has 0 aliphatic rings. The van der Waals surface area contributed by atoms with Crippen molar-refractivity contribution < 1.29 is 4.74 Å². The topological polar surface area (TPSA) is 64.9 Å². The summed E-state index contributed by atoms with van der Waals surface area (Å²) < 4.78 is 6.98. The lowest BCUT2D eigenvalue weighted by Gasteiger charge is -2.07. The van der Waals surface area contributed by atoms with Gasteiger partial charge in [0.25, 0.3) is 0 Å². The minimum atomic E-state index is 0.608. The Kier molecular flexibility index (Phi) is 4.25. The third kappa shape index (κ3) is 2.84. The van der Waals surface area contributed by atoms with Gasteiger partial charge in [-0.3, -0.25) is 4.68 Å². The lowest BCUT2D eigenvalue weighted by atomic mass is 10.3. The Morgan fingerprint density at radius 3 is 3.00 bits per heavy atom. The van der Waals surface area contributed by atoms with Crippen molar-refractivity contribution >= 4 is 5.95 Å². The summed E-state index contributed by atoms with van der Waals surface area (Å²) in [4.78, 5) is 8.51. The summed E-state index contributed by atoms with van der Waals surface area (Å²) >= 11 is 0. The number of methoxy groups -OCH3 is 1. The molecule has 0 spiro atoms. The van der Waals surface area contributed by atoms with Gasteiger partial charge in [-0.2, -0.15) is 5.10 Å². The van der Waals surface area contributed by atoms with E-state index in [1.165, 1.54) is 0 Å². The average molecular weight is 247 g/mol. The molecule has 2 aromatic heterocycles. The summed E-state index contributed by atoms with van der Waals surface area (Å²) in [5.41, 5.74) is 1.86. The third-order valence-corrected chi connectivity index (χ3v) is 2.58. The van der Waals surface area contributed by atoms with Crippen LogP contribution < -0.4 is 5.32 Å². The highest BCUT2D eigenvalue weighted by atomic mass is 16.5. The molecule has 0 unspecified atom stereocenters. The molecule has 0 saturated heterocycles. The largest absolute Gasteiger partial charge is 0.385 e. The van der Waals surface area contributed by atoms with Gasteiger partial charge in [0.1, 0.15) is 0 Å². The van der Waals surface area contributed by atoms with Gasteiger partial charge in [0.05, 0.1) is 11.4 Å². The molecule has 0 aliphatic heterocycles. The normalized spacial score (nSPS) is 10.6. The van der Waals surface area contributed by atoms with Gasteiger partial charge in [-0.25, -0.2) is 9.97 Å². The van der Waals surface area contributed by atoms with Crippen LogP contribution in [0.2, 0.25) is 0 Å². The van der Waals surface area contributed by atoms with Crippen LogP contribution in [0.3, 0.4) is 0 Å². The molecule has 2 rings (SSSR count). The predicted octanol–water partition coefficient (Wildman–Crippen LogP) is 1.42. The van der Waals surface area contributed by atoms with Gasteiger partial charge >= 0.3 is 0 Å². The SMILES string of the molecule is CNc1nccc(-c2ccnn2CCCOC)n1. The molecule has 2 heterocycles. The van der Waals surface area contributed by atoms with Gasteiger partial charge in [0.15, 0.2) is 0 Å². The lowest BCUT2D eigenvalue weighted by Crippen LogP contribution is -2.06. The minimum absolute atomic E-state index is 0.608. The Hall–Kier alpha value is -1.95. The van der Waals surface area contributed by atoms with Crippen LogP contribution in [-0.2, 0) is 11.3 Å². The molecule has 0 fully saturated rings. The smallest absolute Gasteiger partial charge is 0.222 e. The van der Waals surface area contributed by atoms with E-state index in [9.17, 15) is 0 Å². The van der Waals surface area contributed by atoms with Gasteiger partial charge < -0.3 is 10.1 Å². The first-order valence-corrected chi connectivity index (χ1v) is 5.87. The van der Waals surface area contributed by atoms with Crippen molar-refractivity contribution in [1.29, 1.82) is 0 Å². The summed E-state index contributed by atoms with van der Waals surface area (Å²) in [5, 5.41) is 7.23. The van der Waals surface area contributed by atoms with Crippen LogP contribution in [0.25, 0.3) is 11.4 Å². The fourth-order valence-electron chi connectivity index (χ4n) is 1.71. The number of nitrogens with zero attached hydrogens (tertiary/aromatic N) is 4. The summed E-state index contributed by atoms with van der Waals surface area (Å²) in [5.74, 6) is 0.608. The molecule has 0 saturated carbocycles. The summed E-state index contributed by atoms with van der Waals surface area (Å²) in [6.45, 7) is 1.54. The maximum Gasteiger partial charge on any atom is 0.222 e. The zero-order valence-electron chi connectivity index (χ0n) is 10.6. The number of nitrogens with one attached hydrogen (secondary N) is 1. The summed E-state index contributed by atoms with van der Waals surface area (Å²) in [6, 6.07) is 3.83. The Labute approximate surface area is 106 Å². The first kappa shape index (κ1) is 12.5. The van der Waals surface area contributed by atoms with Crippen LogP contribution in [0.4, 0.5) is 5.95 Å². The molecule has 0 atom stereocenters. The van der Waals surface area contributed by atoms with E-state index in [1.807, 2.05) is 16.8 Å². The average Bonchev–Trinajstić information content (AvgIpc) is 2.87. The number of hydrogen-bond donors (Lipinski definition) is 1. The first-order chi connectivity index (χ1) is 8.85. The molecule has 0 amide bonds. The molecule has 0 radical (unpaired) electrons. The van der Waals surface area contributed by atoms with E-state index < -0.39 is 0 Å². The number of anilines is 1. The van der Waals surface area contributed by atoms with Gasteiger partial charge in [0.2, 0.25) is 5.95 Å². The molecule has 1 N–H and O–H groups in total. The van der Waals surface area contributed by atoms with Crippen molar-refractivity contribution in [3.05, 3.63) is 24.5 Å². The van der Waals surface area contributed by atoms with E-state index >= 15 is 0 Å². The van der Waals surface area contributed by atoms with Crippen LogP contribution in [0.5, 0.6) is 0 Å². The second kappa shape index (κ2) is 6.11. The maximum atomic E-state index is 5.05. The second-order valence-electron chi connectivity index (χ2n) is 3.80. The molecule has 0 aromatic carbocycles. The third-order valence-electron chi connectivity index (χ3n) is 2.58. The van der Waals surface area contributed by atoms with Crippen LogP contribution in [-0.4, -0.2) is 40.5 Å². The molecule has 2 aromatic rings. The van der Waals surface area contributed by atoms with E-state index in [0.29, 0.717) is 5.95 Å². The van der Waals surface area contributed by atoms with E-state index in [4.69, 9.17) is 4.74 Å². The second-order valence-corrected chi connectivity index (χ2v) is 3.80. The molecule has 0 bridgehead atoms. The van der Waals surface area contributed by atoms with Crippen molar-refractivity contribution in [3.63, 3.8) is 0 Å². The molecule has 18 heavy (non-hydrogen) atoms. The van der Waals surface area contributed by atoms with E-state index in [-0.39, 0.29) is 0 Å². The number of hydrogen-bond acceptors (Lipinski definition) is 5. The number of aromatic nitrogens is 4. The zero-order valence-corrected chi connectivity index (χ0v) is 10.6. The predicted molar refractivity (Wildman–Crippen MR) is 69.3 cm³/mol. The Balaban J connectivity index is 2.19. The van der Waals surface area contributed by atoms with E-state index in [1.54, 1.807) is 26.6 Å². The molecular formula is C12H17N5O. The van der Waals surface area contributed by atoms with Crippen molar-refractivity contribution in [3.8, 4) is 11.4 Å². The summed E-state index contributed by atoms with van der Waals surface area (Å²) in [6.07, 6.45) is 4.44. The fourth-order valence-corrected chi connectivity index (χ4v) is 1.71. The maximum absolute atomic E-state index is 5.05. The van der Waals surface area contributed by atoms with Gasteiger partial charge in [-0.1, -0.05) is 0 Å². The highest BCUT2D eigenvalue weighted by Crippen LogP contribution is 2.17. The number of aryl methyl sites for hydroxylation is 1. The zero-order chi connectivity index (χ0) is 12.8. The van der Waals surface area contributed by atoms with Crippen LogP contribution in [0.15, 0.2) is 24.5 Å². The molecule has 0 aliphatic carbocycles. The Morgan fingerprint density at radius 2 is 2.22 bits per heavy atom. The number of rotatable bonds is 6. The highest BCUT2D eigenvalue weighted by molar-refractivity contribution is 5.55. The van der Waals surface area contributed by atoms with Crippen LogP contribution in [0, 0.1) is 0 Å². The van der Waals surface area contributed by atoms with Crippen molar-refractivity contribution in [1.82, 2.24) is 19.7 Å². The van der Waals surface area contributed by atoms with E-state index in [0.717, 1.165) is 31.0 Å². The Morgan fingerprint density at radius 1 is 1.33 bits per heavy atom. The van der Waals surface area contributed by atoms with Gasteiger partial charge in [0, 0.05) is 39.7 Å². The van der Waals surface area contributed by atoms with Gasteiger partial charge in [-0.05, 0) is 18.6 Å². The van der Waals surface area contributed by atoms with Crippen LogP contribution >= 0.6 is 0 Å². The highest BCUT2D eigenvalue weighted by Gasteiger charge is 2.07. The molecule has 6 nitrogen and oxygen atoms in total. The molecule has 6 heteroatoms. The monoisotopic (exact) mass is 247 g/mol. The van der Waals surface area contributed by atoms with Crippen molar-refractivity contribution in [2.45, 2.75) is 13.0 Å². The van der Waals surface area contributed by atoms with E-state index in [2.05, 4.69) is 20.4 Å². The number of ether oxygens (including phenoxy) is 1. The summed E-state index contributed by atoms with van der Waals surface area (Å²) in [7, 11) is 3.50. The van der Waals surface area contributed by atoms with Crippen LogP contribution in [0.1, 0.15) is 6.42 Å². The quantitative estimate of drug-likeness (QED) is 0.782. The fraction of sp³-hybridized carbons (Fsp3) is 0.417. The van der Waals surface area contributed by atoms with Crippen molar-refractivity contribution in [2.75, 3.05) is 26.1 Å². The molecular weight excluding hydrogens is 230 g/mol. The van der Waals surface area contributed by atoms with Crippen molar-refractivity contribution in [2.24, 2.45) is 0 Å². The lowest BCUT2D eigenvalue weighted by molar-refractivity contribution is 0.189. The minimum Gasteiger partial charge on any atom is -0.385 e. The molecule has 96 valence electrons.